The van der Waals surface area contributed by atoms with Crippen LogP contribution in [0.1, 0.15) is 11.1 Å². The van der Waals surface area contributed by atoms with Crippen molar-refractivity contribution in [1.29, 1.82) is 0 Å². The molecule has 0 bridgehead atoms. The molecule has 0 amide bonds. The summed E-state index contributed by atoms with van der Waals surface area (Å²) in [4.78, 5) is 4.11. The highest BCUT2D eigenvalue weighted by Gasteiger charge is 2.05. The van der Waals surface area contributed by atoms with E-state index < -0.39 is 0 Å². The molecule has 1 heterocycles. The Hall–Kier alpha value is -1.31. The third-order valence-corrected chi connectivity index (χ3v) is 1.84. The molecule has 0 atom stereocenters. The topological polar surface area (TPSA) is 22.1 Å². The molecule has 2 heteroatoms. The van der Waals surface area contributed by atoms with Crippen LogP contribution in [0.4, 0.5) is 0 Å². The molecule has 0 saturated carbocycles. The van der Waals surface area contributed by atoms with E-state index in [1.165, 1.54) is 11.1 Å². The molecule has 0 radical (unpaired) electrons. The average molecular weight is 147 g/mol. The molecular formula is C9H9NO. The molecule has 56 valence electrons. The largest absolute Gasteiger partial charge is 0.481 e. The summed E-state index contributed by atoms with van der Waals surface area (Å²) < 4.78 is 4.99. The lowest BCUT2D eigenvalue weighted by Gasteiger charge is -2.00. The Bertz CT molecular complexity index is 304. The van der Waals surface area contributed by atoms with Gasteiger partial charge in [0.15, 0.2) is 0 Å². The molecule has 0 saturated heterocycles. The van der Waals surface area contributed by atoms with Gasteiger partial charge in [-0.2, -0.15) is 0 Å². The van der Waals surface area contributed by atoms with Crippen LogP contribution in [-0.2, 0) is 6.42 Å². The zero-order valence-electron chi connectivity index (χ0n) is 6.37. The van der Waals surface area contributed by atoms with Crippen LogP contribution in [-0.4, -0.2) is 12.1 Å². The summed E-state index contributed by atoms with van der Waals surface area (Å²) in [5, 5.41) is 0. The lowest BCUT2D eigenvalue weighted by molar-refractivity contribution is 0.397. The zero-order chi connectivity index (χ0) is 7.68. The molecule has 1 aliphatic rings. The van der Waals surface area contributed by atoms with Gasteiger partial charge in [-0.25, -0.2) is 4.98 Å². The lowest BCUT2D eigenvalue weighted by atomic mass is 10.2. The summed E-state index contributed by atoms with van der Waals surface area (Å²) in [5.41, 5.74) is 2.52. The molecule has 0 spiro atoms. The maximum absolute atomic E-state index is 4.99. The second-order valence-electron chi connectivity index (χ2n) is 2.53. The second kappa shape index (κ2) is 2.38. The Morgan fingerprint density at radius 3 is 3.27 bits per heavy atom. The number of pyridine rings is 1. The zero-order valence-corrected chi connectivity index (χ0v) is 6.37. The van der Waals surface area contributed by atoms with Gasteiger partial charge in [0.25, 0.3) is 0 Å². The minimum atomic E-state index is 0.690. The maximum atomic E-state index is 4.99. The van der Waals surface area contributed by atoms with Gasteiger partial charge in [-0.05, 0) is 17.5 Å². The normalized spacial score (nSPS) is 13.2. The number of nitrogens with zero attached hydrogens (tertiary/aromatic N) is 1. The number of aromatic nitrogens is 1. The highest BCUT2D eigenvalue weighted by molar-refractivity contribution is 5.60. The fourth-order valence-corrected chi connectivity index (χ4v) is 1.23. The van der Waals surface area contributed by atoms with Crippen LogP contribution < -0.4 is 4.74 Å². The van der Waals surface area contributed by atoms with Crippen molar-refractivity contribution in [3.63, 3.8) is 0 Å². The van der Waals surface area contributed by atoms with Gasteiger partial charge in [-0.15, -0.1) is 0 Å². The Kier molecular flexibility index (Phi) is 1.39. The van der Waals surface area contributed by atoms with Crippen LogP contribution in [0.2, 0.25) is 0 Å². The van der Waals surface area contributed by atoms with E-state index in [0.717, 1.165) is 6.42 Å². The Morgan fingerprint density at radius 2 is 2.45 bits per heavy atom. The van der Waals surface area contributed by atoms with Crippen molar-refractivity contribution < 1.29 is 4.74 Å². The van der Waals surface area contributed by atoms with Gasteiger partial charge in [0, 0.05) is 12.3 Å². The molecular weight excluding hydrogens is 138 g/mol. The molecule has 11 heavy (non-hydrogen) atoms. The third kappa shape index (κ3) is 1.00. The fourth-order valence-electron chi connectivity index (χ4n) is 1.23. The van der Waals surface area contributed by atoms with Crippen LogP contribution in [0.3, 0.4) is 0 Å². The Balaban J connectivity index is 2.47. The summed E-state index contributed by atoms with van der Waals surface area (Å²) in [6, 6.07) is 1.96. The van der Waals surface area contributed by atoms with E-state index in [4.69, 9.17) is 4.74 Å². The van der Waals surface area contributed by atoms with Crippen molar-refractivity contribution in [2.75, 3.05) is 7.11 Å². The highest BCUT2D eigenvalue weighted by Crippen LogP contribution is 2.21. The summed E-state index contributed by atoms with van der Waals surface area (Å²) in [6.07, 6.45) is 7.10. The quantitative estimate of drug-likeness (QED) is 0.602. The minimum absolute atomic E-state index is 0.690. The smallest absolute Gasteiger partial charge is 0.213 e. The van der Waals surface area contributed by atoms with Gasteiger partial charge in [0.2, 0.25) is 5.88 Å². The van der Waals surface area contributed by atoms with Crippen LogP contribution >= 0.6 is 0 Å². The minimum Gasteiger partial charge on any atom is -0.481 e. The van der Waals surface area contributed by atoms with Crippen LogP contribution in [0.25, 0.3) is 6.08 Å². The van der Waals surface area contributed by atoms with Gasteiger partial charge in [0.1, 0.15) is 0 Å². The van der Waals surface area contributed by atoms with Crippen molar-refractivity contribution in [3.05, 3.63) is 29.5 Å². The van der Waals surface area contributed by atoms with Crippen LogP contribution in [0, 0.1) is 0 Å². The predicted octanol–water partition coefficient (Wildman–Crippen LogP) is 1.66. The molecule has 0 aromatic carbocycles. The number of allylic oxidation sites excluding steroid dienone is 1. The van der Waals surface area contributed by atoms with Crippen molar-refractivity contribution in [2.45, 2.75) is 6.42 Å². The van der Waals surface area contributed by atoms with E-state index in [-0.39, 0.29) is 0 Å². The van der Waals surface area contributed by atoms with Gasteiger partial charge in [-0.3, -0.25) is 0 Å². The third-order valence-electron chi connectivity index (χ3n) is 1.84. The summed E-state index contributed by atoms with van der Waals surface area (Å²) in [7, 11) is 1.63. The van der Waals surface area contributed by atoms with Crippen molar-refractivity contribution in [3.8, 4) is 5.88 Å². The molecule has 0 N–H and O–H groups in total. The SMILES string of the molecule is COc1cc2c(cn1)CC=C2. The maximum Gasteiger partial charge on any atom is 0.213 e. The Labute approximate surface area is 65.5 Å². The van der Waals surface area contributed by atoms with E-state index in [1.807, 2.05) is 12.3 Å². The Morgan fingerprint density at radius 1 is 1.55 bits per heavy atom. The van der Waals surface area contributed by atoms with Gasteiger partial charge in [-0.1, -0.05) is 12.2 Å². The van der Waals surface area contributed by atoms with E-state index in [9.17, 15) is 0 Å². The molecule has 2 rings (SSSR count). The summed E-state index contributed by atoms with van der Waals surface area (Å²) in [6.45, 7) is 0. The van der Waals surface area contributed by atoms with Gasteiger partial charge in [0.05, 0.1) is 7.11 Å². The molecule has 1 aliphatic carbocycles. The number of hydrogen-bond acceptors (Lipinski definition) is 2. The van der Waals surface area contributed by atoms with Gasteiger partial charge >= 0.3 is 0 Å². The fraction of sp³-hybridized carbons (Fsp3) is 0.222. The summed E-state index contributed by atoms with van der Waals surface area (Å²) >= 11 is 0. The number of ether oxygens (including phenoxy) is 1. The van der Waals surface area contributed by atoms with E-state index in [2.05, 4.69) is 17.1 Å². The number of methoxy groups -OCH3 is 1. The van der Waals surface area contributed by atoms with Gasteiger partial charge < -0.3 is 4.74 Å². The lowest BCUT2D eigenvalue weighted by Crippen LogP contribution is -1.89. The van der Waals surface area contributed by atoms with Crippen molar-refractivity contribution in [2.24, 2.45) is 0 Å². The standard InChI is InChI=1S/C9H9NO/c1-11-9-5-7-3-2-4-8(7)6-10-9/h2-3,5-6H,4H2,1H3. The van der Waals surface area contributed by atoms with Crippen LogP contribution in [0.15, 0.2) is 18.3 Å². The first-order valence-corrected chi connectivity index (χ1v) is 3.59. The molecule has 2 nitrogen and oxygen atoms in total. The monoisotopic (exact) mass is 147 g/mol. The number of hydrogen-bond donors (Lipinski definition) is 0. The number of rotatable bonds is 1. The molecule has 1 aromatic rings. The highest BCUT2D eigenvalue weighted by atomic mass is 16.5. The molecule has 0 unspecified atom stereocenters. The first-order chi connectivity index (χ1) is 5.40. The van der Waals surface area contributed by atoms with Crippen LogP contribution in [0.5, 0.6) is 5.88 Å². The first-order valence-electron chi connectivity index (χ1n) is 3.59. The second-order valence-corrected chi connectivity index (χ2v) is 2.53. The van der Waals surface area contributed by atoms with Crippen molar-refractivity contribution >= 4 is 6.08 Å². The molecule has 0 fully saturated rings. The van der Waals surface area contributed by atoms with Crippen molar-refractivity contribution in [1.82, 2.24) is 4.98 Å². The molecule has 0 aliphatic heterocycles. The summed E-state index contributed by atoms with van der Waals surface area (Å²) in [5.74, 6) is 0.690. The molecule has 1 aromatic heterocycles. The van der Waals surface area contributed by atoms with E-state index in [1.54, 1.807) is 7.11 Å². The number of fused-ring (bicyclic) bond motifs is 1. The van der Waals surface area contributed by atoms with E-state index >= 15 is 0 Å². The first kappa shape index (κ1) is 6.40. The van der Waals surface area contributed by atoms with E-state index in [0.29, 0.717) is 5.88 Å². The average Bonchev–Trinajstić information content (AvgIpc) is 2.50. The predicted molar refractivity (Wildman–Crippen MR) is 43.5 cm³/mol.